The van der Waals surface area contributed by atoms with E-state index in [1.54, 1.807) is 0 Å². The van der Waals surface area contributed by atoms with Gasteiger partial charge < -0.3 is 0 Å². The summed E-state index contributed by atoms with van der Waals surface area (Å²) in [4.78, 5) is 15.5. The van der Waals surface area contributed by atoms with Crippen LogP contribution >= 0.6 is 11.3 Å². The van der Waals surface area contributed by atoms with Crippen LogP contribution < -0.4 is 0 Å². The normalized spacial score (nSPS) is 11.8. The lowest BCUT2D eigenvalue weighted by atomic mass is 9.93. The fraction of sp³-hybridized carbons (Fsp3) is 0. The zero-order chi connectivity index (χ0) is 30.9. The van der Waals surface area contributed by atoms with Gasteiger partial charge in [-0.05, 0) is 55.2 Å². The van der Waals surface area contributed by atoms with E-state index in [-0.39, 0.29) is 0 Å². The highest BCUT2D eigenvalue weighted by atomic mass is 32.1. The van der Waals surface area contributed by atoms with Crippen molar-refractivity contribution in [1.29, 1.82) is 0 Å². The summed E-state index contributed by atoms with van der Waals surface area (Å²) in [5, 5.41) is 12.3. The molecule has 0 bridgehead atoms. The molecule has 47 heavy (non-hydrogen) atoms. The summed E-state index contributed by atoms with van der Waals surface area (Å²) >= 11 is 1.85. The van der Waals surface area contributed by atoms with Gasteiger partial charge in [0.25, 0.3) is 0 Å². The number of aromatic nitrogens is 3. The Labute approximate surface area is 274 Å². The molecule has 8 aromatic carbocycles. The third kappa shape index (κ3) is 4.16. The highest BCUT2D eigenvalue weighted by molar-refractivity contribution is 7.27. The van der Waals surface area contributed by atoms with Crippen molar-refractivity contribution in [1.82, 2.24) is 15.0 Å². The number of fused-ring (bicyclic) bond motifs is 10. The van der Waals surface area contributed by atoms with Crippen molar-refractivity contribution >= 4 is 74.6 Å². The molecule has 0 saturated heterocycles. The fourth-order valence-corrected chi connectivity index (χ4v) is 8.32. The standard InChI is InChI=1S/C43H25N3S/c1-2-13-29(14-3-1)41-44-42(31-19-18-26-10-4-5-15-30(26)24-31)46-43(45-41)36-25-37-39(38-32-16-8-6-11-27(32)20-22-34(36)38)35-23-21-28-12-7-9-17-33(28)40(35)47-37/h1-25H. The number of benzene rings is 8. The van der Waals surface area contributed by atoms with Gasteiger partial charge in [0.05, 0.1) is 0 Å². The van der Waals surface area contributed by atoms with Gasteiger partial charge in [-0.2, -0.15) is 0 Å². The first-order valence-electron chi connectivity index (χ1n) is 15.8. The maximum atomic E-state index is 5.23. The van der Waals surface area contributed by atoms with Crippen molar-refractivity contribution in [2.75, 3.05) is 0 Å². The SMILES string of the molecule is c1ccc(-c2nc(-c3ccc4ccccc4c3)nc(-c3cc4sc5c6ccccc6ccc5c4c4c3ccc3ccccc34)n2)cc1. The molecule has 0 unspecified atom stereocenters. The van der Waals surface area contributed by atoms with Gasteiger partial charge in [-0.3, -0.25) is 0 Å². The van der Waals surface area contributed by atoms with Crippen molar-refractivity contribution in [3.05, 3.63) is 152 Å². The fourth-order valence-electron chi connectivity index (χ4n) is 7.03. The molecule has 0 amide bonds. The van der Waals surface area contributed by atoms with Gasteiger partial charge in [-0.1, -0.05) is 140 Å². The monoisotopic (exact) mass is 615 g/mol. The molecule has 3 nitrogen and oxygen atoms in total. The van der Waals surface area contributed by atoms with E-state index in [0.717, 1.165) is 27.5 Å². The van der Waals surface area contributed by atoms with Crippen LogP contribution in [0.1, 0.15) is 0 Å². The third-order valence-electron chi connectivity index (χ3n) is 9.27. The van der Waals surface area contributed by atoms with Gasteiger partial charge >= 0.3 is 0 Å². The van der Waals surface area contributed by atoms with E-state index in [9.17, 15) is 0 Å². The average molecular weight is 616 g/mol. The van der Waals surface area contributed by atoms with E-state index in [4.69, 9.17) is 15.0 Å². The molecular formula is C43H25N3S. The highest BCUT2D eigenvalue weighted by Gasteiger charge is 2.20. The van der Waals surface area contributed by atoms with Crippen LogP contribution in [0.4, 0.5) is 0 Å². The van der Waals surface area contributed by atoms with Crippen molar-refractivity contribution in [2.45, 2.75) is 0 Å². The molecule has 218 valence electrons. The zero-order valence-corrected chi connectivity index (χ0v) is 26.0. The summed E-state index contributed by atoms with van der Waals surface area (Å²) in [5.41, 5.74) is 2.94. The molecule has 0 spiro atoms. The number of hydrogen-bond acceptors (Lipinski definition) is 4. The molecule has 0 fully saturated rings. The first-order valence-corrected chi connectivity index (χ1v) is 16.6. The molecule has 0 N–H and O–H groups in total. The lowest BCUT2D eigenvalue weighted by molar-refractivity contribution is 1.08. The second-order valence-corrected chi connectivity index (χ2v) is 13.1. The number of hydrogen-bond donors (Lipinski definition) is 0. The lowest BCUT2D eigenvalue weighted by Gasteiger charge is -2.13. The Hall–Kier alpha value is -5.97. The Balaban J connectivity index is 1.32. The molecule has 10 aromatic rings. The minimum absolute atomic E-state index is 0.662. The summed E-state index contributed by atoms with van der Waals surface area (Å²) in [7, 11) is 0. The van der Waals surface area contributed by atoms with Gasteiger partial charge in [0.2, 0.25) is 0 Å². The van der Waals surface area contributed by atoms with Gasteiger partial charge in [0, 0.05) is 36.9 Å². The Kier molecular flexibility index (Phi) is 5.74. The predicted octanol–water partition coefficient (Wildman–Crippen LogP) is 11.9. The minimum Gasteiger partial charge on any atom is -0.208 e. The minimum atomic E-state index is 0.662. The maximum Gasteiger partial charge on any atom is 0.164 e. The molecule has 10 rings (SSSR count). The van der Waals surface area contributed by atoms with Crippen LogP contribution in [-0.4, -0.2) is 15.0 Å². The summed E-state index contributed by atoms with van der Waals surface area (Å²) < 4.78 is 2.53. The van der Waals surface area contributed by atoms with Gasteiger partial charge in [-0.15, -0.1) is 11.3 Å². The van der Waals surface area contributed by atoms with Crippen molar-refractivity contribution in [3.8, 4) is 34.2 Å². The summed E-state index contributed by atoms with van der Waals surface area (Å²) in [5.74, 6) is 2.00. The van der Waals surface area contributed by atoms with Crippen LogP contribution in [0.25, 0.3) is 97.4 Å². The van der Waals surface area contributed by atoms with Crippen LogP contribution in [0.5, 0.6) is 0 Å². The van der Waals surface area contributed by atoms with Crippen molar-refractivity contribution < 1.29 is 0 Å². The highest BCUT2D eigenvalue weighted by Crippen LogP contribution is 2.46. The average Bonchev–Trinajstić information content (AvgIpc) is 3.53. The largest absolute Gasteiger partial charge is 0.208 e. The first kappa shape index (κ1) is 26.3. The summed E-state index contributed by atoms with van der Waals surface area (Å²) in [6, 6.07) is 53.8. The van der Waals surface area contributed by atoms with E-state index in [1.807, 2.05) is 29.5 Å². The van der Waals surface area contributed by atoms with Crippen LogP contribution in [0.3, 0.4) is 0 Å². The zero-order valence-electron chi connectivity index (χ0n) is 25.2. The molecule has 0 aliphatic heterocycles. The second kappa shape index (κ2) is 10.3. The molecule has 0 saturated carbocycles. The lowest BCUT2D eigenvalue weighted by Crippen LogP contribution is -2.00. The number of nitrogens with zero attached hydrogens (tertiary/aromatic N) is 3. The van der Waals surface area contributed by atoms with Crippen molar-refractivity contribution in [3.63, 3.8) is 0 Å². The van der Waals surface area contributed by atoms with Crippen LogP contribution in [-0.2, 0) is 0 Å². The van der Waals surface area contributed by atoms with E-state index in [0.29, 0.717) is 17.5 Å². The third-order valence-corrected chi connectivity index (χ3v) is 10.5. The van der Waals surface area contributed by atoms with Crippen LogP contribution in [0, 0.1) is 0 Å². The smallest absolute Gasteiger partial charge is 0.164 e. The maximum absolute atomic E-state index is 5.23. The van der Waals surface area contributed by atoms with E-state index in [2.05, 4.69) is 133 Å². The second-order valence-electron chi connectivity index (χ2n) is 12.0. The Bertz CT molecular complexity index is 2850. The Morgan fingerprint density at radius 2 is 0.957 bits per heavy atom. The summed E-state index contributed by atoms with van der Waals surface area (Å²) in [6.45, 7) is 0. The molecule has 0 aliphatic carbocycles. The van der Waals surface area contributed by atoms with Crippen LogP contribution in [0.2, 0.25) is 0 Å². The number of rotatable bonds is 3. The van der Waals surface area contributed by atoms with E-state index in [1.165, 1.54) is 52.5 Å². The van der Waals surface area contributed by atoms with Gasteiger partial charge in [-0.25, -0.2) is 15.0 Å². The van der Waals surface area contributed by atoms with Gasteiger partial charge in [0.15, 0.2) is 17.5 Å². The Morgan fingerprint density at radius 1 is 0.362 bits per heavy atom. The quantitative estimate of drug-likeness (QED) is 0.186. The molecule has 2 heterocycles. The Morgan fingerprint density at radius 3 is 1.77 bits per heavy atom. The molecule has 4 heteroatoms. The number of thiophene rings is 1. The van der Waals surface area contributed by atoms with Crippen LogP contribution in [0.15, 0.2) is 152 Å². The molecular weight excluding hydrogens is 591 g/mol. The molecule has 0 atom stereocenters. The van der Waals surface area contributed by atoms with Crippen molar-refractivity contribution in [2.24, 2.45) is 0 Å². The molecule has 2 aromatic heterocycles. The van der Waals surface area contributed by atoms with E-state index >= 15 is 0 Å². The molecule has 0 radical (unpaired) electrons. The van der Waals surface area contributed by atoms with E-state index < -0.39 is 0 Å². The predicted molar refractivity (Wildman–Crippen MR) is 199 cm³/mol. The summed E-state index contributed by atoms with van der Waals surface area (Å²) in [6.07, 6.45) is 0. The first-order chi connectivity index (χ1) is 23.3. The van der Waals surface area contributed by atoms with Gasteiger partial charge in [0.1, 0.15) is 0 Å². The topological polar surface area (TPSA) is 38.7 Å². The molecule has 0 aliphatic rings.